The molecule has 0 bridgehead atoms. The van der Waals surface area contributed by atoms with Gasteiger partial charge < -0.3 is 25.0 Å². The Morgan fingerprint density at radius 2 is 1.82 bits per heavy atom. The number of benzene rings is 2. The predicted octanol–water partition coefficient (Wildman–Crippen LogP) is 7.59. The summed E-state index contributed by atoms with van der Waals surface area (Å²) in [7, 11) is 0. The van der Waals surface area contributed by atoms with Crippen molar-refractivity contribution in [1.82, 2.24) is 0 Å². The second-order valence-electron chi connectivity index (χ2n) is 14.6. The van der Waals surface area contributed by atoms with Crippen LogP contribution >= 0.6 is 23.4 Å². The summed E-state index contributed by atoms with van der Waals surface area (Å²) in [6, 6.07) is 13.6. The molecule has 2 aromatic rings. The van der Waals surface area contributed by atoms with Gasteiger partial charge in [0.1, 0.15) is 12.8 Å². The minimum absolute atomic E-state index is 0. The van der Waals surface area contributed by atoms with Crippen LogP contribution in [0.1, 0.15) is 66.2 Å². The minimum atomic E-state index is -2.30. The van der Waals surface area contributed by atoms with Gasteiger partial charge in [-0.2, -0.15) is 0 Å². The molecule has 1 saturated heterocycles. The van der Waals surface area contributed by atoms with Crippen molar-refractivity contribution >= 4 is 40.6 Å². The number of carbonyl (C=O) groups excluding carboxylic acids is 2. The molecule has 7 rings (SSSR count). The van der Waals surface area contributed by atoms with E-state index in [0.717, 1.165) is 21.6 Å². The van der Waals surface area contributed by atoms with E-state index in [0.29, 0.717) is 10.6 Å². The molecule has 49 heavy (non-hydrogen) atoms. The molecule has 1 heterocycles. The number of ether oxygens (including phenoxy) is 2. The third kappa shape index (κ3) is 5.19. The number of carbonyl (C=O) groups is 2. The monoisotopic (exact) mass is 715 g/mol. The van der Waals surface area contributed by atoms with E-state index in [9.17, 15) is 19.8 Å². The Hall–Kier alpha value is -2.60. The van der Waals surface area contributed by atoms with Gasteiger partial charge >= 0.3 is 0 Å². The van der Waals surface area contributed by atoms with Crippen molar-refractivity contribution in [1.29, 1.82) is 0 Å². The summed E-state index contributed by atoms with van der Waals surface area (Å²) in [4.78, 5) is 27.9. The summed E-state index contributed by atoms with van der Waals surface area (Å²) in [5, 5.41) is 25.9. The summed E-state index contributed by atoms with van der Waals surface area (Å²) in [6.45, 7) is 6.56. The SMILES string of the molecule is C.CC(C)Nc1cc(Sc2ccc([C@H]3O[C@@H]4C[C@H]5[C@@H]6C[C@H](F)C7=CC(=O)C=C[C@]7(C)[C@@]6(F)[C@@H](O)C[C@]5(C)[C@]4(C(=O)CO)O3)cc2)ccc1Cl. The predicted molar refractivity (Wildman–Crippen MR) is 185 cm³/mol. The first-order chi connectivity index (χ1) is 22.7. The van der Waals surface area contributed by atoms with Gasteiger partial charge in [-0.05, 0) is 94.0 Å². The molecule has 10 atom stereocenters. The number of rotatable bonds is 7. The van der Waals surface area contributed by atoms with E-state index in [4.69, 9.17) is 21.1 Å². The number of halogens is 3. The zero-order valence-electron chi connectivity index (χ0n) is 27.2. The first kappa shape index (κ1) is 36.2. The number of aliphatic hydroxyl groups is 2. The molecular weight excluding hydrogens is 672 g/mol. The fraction of sp³-hybridized carbons (Fsp3) is 0.526. The van der Waals surface area contributed by atoms with E-state index in [2.05, 4.69) is 5.32 Å². The van der Waals surface area contributed by atoms with Crippen LogP contribution in [0, 0.1) is 22.7 Å². The number of anilines is 1. The average molecular weight is 716 g/mol. The maximum Gasteiger partial charge on any atom is 0.193 e. The second-order valence-corrected chi connectivity index (χ2v) is 16.2. The standard InChI is InChI=1S/C37H40ClF2NO6S.CH4/c1-19(2)41-29-14-23(9-10-27(29)38)48-22-7-5-20(6-8-22)33-46-32-16-24-25-15-28(39)26-13-21(43)11-12-34(26,3)36(25,40)30(44)17-35(24,4)37(32,47-33)31(45)18-42;/h5-14,19,24-25,28,30,32-33,41-42,44H,15-18H2,1-4H3;1H4/t24-,25-,28-,30-,32+,33-,34-,35-,36-,37+;/m0./s1. The fourth-order valence-corrected chi connectivity index (χ4v) is 10.6. The van der Waals surface area contributed by atoms with Gasteiger partial charge in [-0.3, -0.25) is 9.59 Å². The zero-order chi connectivity index (χ0) is 34.4. The largest absolute Gasteiger partial charge is 0.390 e. The molecule has 0 spiro atoms. The second kappa shape index (κ2) is 12.6. The van der Waals surface area contributed by atoms with E-state index < -0.39 is 76.8 Å². The maximum atomic E-state index is 17.6. The van der Waals surface area contributed by atoms with Crippen molar-refractivity contribution in [3.63, 3.8) is 0 Å². The van der Waals surface area contributed by atoms with Crippen LogP contribution in [0.3, 0.4) is 0 Å². The van der Waals surface area contributed by atoms with Crippen LogP contribution < -0.4 is 5.32 Å². The van der Waals surface area contributed by atoms with Gasteiger partial charge in [0.2, 0.25) is 0 Å². The number of Topliss-reactive ketones (excluding diaryl/α,β-unsaturated/α-hetero) is 1. The van der Waals surface area contributed by atoms with Gasteiger partial charge in [0, 0.05) is 38.1 Å². The van der Waals surface area contributed by atoms with E-state index >= 15 is 8.78 Å². The Kier molecular flexibility index (Phi) is 9.28. The Morgan fingerprint density at radius 1 is 1.12 bits per heavy atom. The molecule has 0 aromatic heterocycles. The molecule has 0 radical (unpaired) electrons. The van der Waals surface area contributed by atoms with Gasteiger partial charge in [0.15, 0.2) is 29.1 Å². The smallest absolute Gasteiger partial charge is 0.193 e. The highest BCUT2D eigenvalue weighted by molar-refractivity contribution is 7.99. The Balaban J connectivity index is 0.00000417. The van der Waals surface area contributed by atoms with Gasteiger partial charge in [0.05, 0.1) is 22.9 Å². The third-order valence-corrected chi connectivity index (χ3v) is 13.0. The van der Waals surface area contributed by atoms with Crippen LogP contribution in [0.15, 0.2) is 76.1 Å². The molecule has 5 aliphatic rings. The topological polar surface area (TPSA) is 105 Å². The lowest BCUT2D eigenvalue weighted by Gasteiger charge is -2.63. The fourth-order valence-electron chi connectivity index (χ4n) is 9.53. The Bertz CT molecular complexity index is 1720. The molecule has 0 unspecified atom stereocenters. The van der Waals surface area contributed by atoms with Crippen molar-refractivity contribution in [2.45, 2.75) is 106 Å². The van der Waals surface area contributed by atoms with Crippen LogP contribution in [-0.2, 0) is 19.1 Å². The number of hydrogen-bond acceptors (Lipinski definition) is 8. The quantitative estimate of drug-likeness (QED) is 0.270. The molecular formula is C38H44ClF2NO6S. The van der Waals surface area contributed by atoms with Gasteiger partial charge in [-0.15, -0.1) is 0 Å². The highest BCUT2D eigenvalue weighted by atomic mass is 35.5. The molecule has 264 valence electrons. The third-order valence-electron chi connectivity index (χ3n) is 11.7. The van der Waals surface area contributed by atoms with E-state index in [1.54, 1.807) is 18.7 Å². The number of nitrogens with one attached hydrogen (secondary N) is 1. The molecule has 4 fully saturated rings. The average Bonchev–Trinajstić information content (AvgIpc) is 3.54. The first-order valence-electron chi connectivity index (χ1n) is 16.5. The Labute approximate surface area is 295 Å². The van der Waals surface area contributed by atoms with E-state index in [1.165, 1.54) is 19.1 Å². The molecule has 2 aromatic carbocycles. The summed E-state index contributed by atoms with van der Waals surface area (Å²) < 4.78 is 46.5. The molecule has 0 amide bonds. The van der Waals surface area contributed by atoms with Crippen LogP contribution in [-0.4, -0.2) is 64.1 Å². The van der Waals surface area contributed by atoms with Crippen LogP contribution in [0.4, 0.5) is 14.5 Å². The zero-order valence-corrected chi connectivity index (χ0v) is 28.8. The van der Waals surface area contributed by atoms with E-state index in [1.807, 2.05) is 56.3 Å². The number of alkyl halides is 2. The molecule has 3 N–H and O–H groups in total. The summed E-state index contributed by atoms with van der Waals surface area (Å²) >= 11 is 7.92. The maximum absolute atomic E-state index is 17.6. The summed E-state index contributed by atoms with van der Waals surface area (Å²) in [5.41, 5.74) is -5.16. The Morgan fingerprint density at radius 3 is 2.49 bits per heavy atom. The van der Waals surface area contributed by atoms with E-state index in [-0.39, 0.29) is 38.3 Å². The number of aliphatic hydroxyl groups excluding tert-OH is 2. The van der Waals surface area contributed by atoms with Crippen molar-refractivity contribution in [3.8, 4) is 0 Å². The minimum Gasteiger partial charge on any atom is -0.390 e. The van der Waals surface area contributed by atoms with Crippen molar-refractivity contribution in [3.05, 3.63) is 76.9 Å². The number of hydrogen-bond donors (Lipinski definition) is 3. The van der Waals surface area contributed by atoms with Gasteiger partial charge in [-0.1, -0.05) is 55.9 Å². The number of allylic oxidation sites excluding steroid dienone is 4. The molecule has 1 aliphatic heterocycles. The lowest BCUT2D eigenvalue weighted by atomic mass is 9.44. The highest BCUT2D eigenvalue weighted by Gasteiger charge is 2.80. The van der Waals surface area contributed by atoms with Crippen molar-refractivity contribution in [2.24, 2.45) is 22.7 Å². The molecule has 11 heteroatoms. The van der Waals surface area contributed by atoms with Crippen LogP contribution in [0.2, 0.25) is 5.02 Å². The lowest BCUT2D eigenvalue weighted by molar-refractivity contribution is -0.235. The normalized spacial score (nSPS) is 39.0. The summed E-state index contributed by atoms with van der Waals surface area (Å²) in [6.07, 6.45) is -1.48. The lowest BCUT2D eigenvalue weighted by Crippen LogP contribution is -2.70. The molecule has 3 saturated carbocycles. The molecule has 4 aliphatic carbocycles. The van der Waals surface area contributed by atoms with Crippen molar-refractivity contribution < 1.29 is 38.1 Å². The van der Waals surface area contributed by atoms with Gasteiger partial charge in [0.25, 0.3) is 0 Å². The van der Waals surface area contributed by atoms with Crippen LogP contribution in [0.25, 0.3) is 0 Å². The molecule has 7 nitrogen and oxygen atoms in total. The highest BCUT2D eigenvalue weighted by Crippen LogP contribution is 2.72. The van der Waals surface area contributed by atoms with Crippen molar-refractivity contribution in [2.75, 3.05) is 11.9 Å². The number of fused-ring (bicyclic) bond motifs is 7. The van der Waals surface area contributed by atoms with Gasteiger partial charge in [-0.25, -0.2) is 8.78 Å². The van der Waals surface area contributed by atoms with Crippen LogP contribution in [0.5, 0.6) is 0 Å². The summed E-state index contributed by atoms with van der Waals surface area (Å²) in [5.74, 6) is -2.63. The number of ketones is 2. The first-order valence-corrected chi connectivity index (χ1v) is 17.6.